The zero-order valence-corrected chi connectivity index (χ0v) is 66.6. The number of hydrogen-bond acceptors (Lipinski definition) is 15. The van der Waals surface area contributed by atoms with E-state index in [-0.39, 0.29) is 25.7 Å². The van der Waals surface area contributed by atoms with Crippen molar-refractivity contribution in [3.63, 3.8) is 0 Å². The van der Waals surface area contributed by atoms with Crippen molar-refractivity contribution in [2.45, 2.75) is 439 Å². The molecular weight excluding hydrogens is 1290 g/mol. The molecule has 99 heavy (non-hydrogen) atoms. The summed E-state index contributed by atoms with van der Waals surface area (Å²) in [5, 5.41) is 10.6. The molecule has 0 aliphatic rings. The van der Waals surface area contributed by atoms with Crippen molar-refractivity contribution >= 4 is 39.5 Å². The van der Waals surface area contributed by atoms with E-state index in [1.54, 1.807) is 0 Å². The van der Waals surface area contributed by atoms with E-state index in [4.69, 9.17) is 37.0 Å². The van der Waals surface area contributed by atoms with Gasteiger partial charge in [0, 0.05) is 25.7 Å². The first-order valence-electron chi connectivity index (χ1n) is 41.5. The fourth-order valence-electron chi connectivity index (χ4n) is 12.4. The van der Waals surface area contributed by atoms with Crippen LogP contribution in [0.25, 0.3) is 0 Å². The number of ether oxygens (including phenoxy) is 4. The van der Waals surface area contributed by atoms with E-state index in [9.17, 15) is 43.2 Å². The summed E-state index contributed by atoms with van der Waals surface area (Å²) in [6.45, 7) is 9.60. The largest absolute Gasteiger partial charge is 0.472 e. The van der Waals surface area contributed by atoms with Crippen molar-refractivity contribution in [2.75, 3.05) is 39.6 Å². The molecule has 0 saturated carbocycles. The number of carbonyl (C=O) groups excluding carboxylic acids is 4. The Morgan fingerprint density at radius 2 is 0.465 bits per heavy atom. The Morgan fingerprint density at radius 1 is 0.273 bits per heavy atom. The molecule has 17 nitrogen and oxygen atoms in total. The third-order valence-electron chi connectivity index (χ3n) is 18.7. The summed E-state index contributed by atoms with van der Waals surface area (Å²) in [5.41, 5.74) is 0. The minimum atomic E-state index is -4.96. The van der Waals surface area contributed by atoms with Crippen LogP contribution in [-0.2, 0) is 65.4 Å². The minimum absolute atomic E-state index is 0.108. The van der Waals surface area contributed by atoms with E-state index in [2.05, 4.69) is 41.5 Å². The van der Waals surface area contributed by atoms with Crippen LogP contribution in [0.4, 0.5) is 0 Å². The summed E-state index contributed by atoms with van der Waals surface area (Å²) in [5.74, 6) is -0.609. The molecule has 0 aliphatic heterocycles. The Hall–Kier alpha value is -1.94. The number of esters is 4. The molecule has 0 amide bonds. The molecule has 0 bridgehead atoms. The van der Waals surface area contributed by atoms with Gasteiger partial charge in [0.2, 0.25) is 0 Å². The van der Waals surface area contributed by atoms with Crippen LogP contribution in [0.1, 0.15) is 420 Å². The number of aliphatic hydroxyl groups excluding tert-OH is 1. The first-order valence-corrected chi connectivity index (χ1v) is 44.5. The Morgan fingerprint density at radius 3 is 0.687 bits per heavy atom. The van der Waals surface area contributed by atoms with Gasteiger partial charge < -0.3 is 33.8 Å². The first kappa shape index (κ1) is 97.1. The molecule has 0 fully saturated rings. The minimum Gasteiger partial charge on any atom is -0.462 e. The standard InChI is InChI=1S/C80H156O17P2/c1-7-9-11-13-15-17-19-21-23-25-30-34-38-44-50-56-62-77(82)90-68-75(96-79(84)65-59-53-46-40-36-32-28-27-29-33-37-42-48-54-60-72(3)4)70-94-98(86,87)92-66-74(81)67-93-99(88,89)95-71-76(69-91-78(83)63-57-51-47-41-43-49-55-61-73(5)6)97-80(85)64-58-52-45-39-35-31-26-24-22-20-18-16-14-12-10-8-2/h72-76,81H,7-71H2,1-6H3,(H,86,87)(H,88,89)/t74-,75-,76-/m1/s1. The summed E-state index contributed by atoms with van der Waals surface area (Å²) in [6.07, 6.45) is 61.0. The maximum absolute atomic E-state index is 13.1. The molecule has 0 aromatic heterocycles. The molecule has 0 spiro atoms. The molecule has 0 aliphatic carbocycles. The van der Waals surface area contributed by atoms with Crippen molar-refractivity contribution in [1.82, 2.24) is 0 Å². The summed E-state index contributed by atoms with van der Waals surface area (Å²) < 4.78 is 68.7. The molecule has 0 aromatic rings. The topological polar surface area (TPSA) is 237 Å². The average molecular weight is 1450 g/mol. The zero-order valence-electron chi connectivity index (χ0n) is 64.8. The molecule has 5 atom stereocenters. The SMILES string of the molecule is CCCCCCCCCCCCCCCCCCC(=O)OC[C@H](COP(=O)(O)OC[C@@H](O)COP(=O)(O)OC[C@@H](COC(=O)CCCCCCCCCC(C)C)OC(=O)CCCCCCCCCCCCCCCCCC)OC(=O)CCCCCCCCCCCCCCCCC(C)C. The molecular formula is C80H156O17P2. The predicted molar refractivity (Wildman–Crippen MR) is 405 cm³/mol. The molecule has 0 aromatic carbocycles. The molecule has 3 N–H and O–H groups in total. The van der Waals surface area contributed by atoms with Crippen LogP contribution in [0.15, 0.2) is 0 Å². The van der Waals surface area contributed by atoms with Gasteiger partial charge in [-0.15, -0.1) is 0 Å². The summed E-state index contributed by atoms with van der Waals surface area (Å²) >= 11 is 0. The lowest BCUT2D eigenvalue weighted by Crippen LogP contribution is -2.30. The molecule has 0 rings (SSSR count). The van der Waals surface area contributed by atoms with Crippen molar-refractivity contribution < 1.29 is 80.2 Å². The summed E-state index contributed by atoms with van der Waals surface area (Å²) in [7, 11) is -9.92. The van der Waals surface area contributed by atoms with E-state index in [0.29, 0.717) is 31.6 Å². The predicted octanol–water partition coefficient (Wildman–Crippen LogP) is 23.9. The highest BCUT2D eigenvalue weighted by atomic mass is 31.2. The van der Waals surface area contributed by atoms with Gasteiger partial charge in [-0.3, -0.25) is 37.3 Å². The number of carbonyl (C=O) groups is 4. The van der Waals surface area contributed by atoms with E-state index in [1.807, 2.05) is 0 Å². The highest BCUT2D eigenvalue weighted by Gasteiger charge is 2.30. The summed E-state index contributed by atoms with van der Waals surface area (Å²) in [4.78, 5) is 73.0. The van der Waals surface area contributed by atoms with E-state index >= 15 is 0 Å². The molecule has 19 heteroatoms. The van der Waals surface area contributed by atoms with E-state index in [0.717, 1.165) is 102 Å². The molecule has 0 heterocycles. The van der Waals surface area contributed by atoms with Gasteiger partial charge in [-0.1, -0.05) is 369 Å². The van der Waals surface area contributed by atoms with Gasteiger partial charge in [-0.2, -0.15) is 0 Å². The normalized spacial score (nSPS) is 13.9. The van der Waals surface area contributed by atoms with Crippen LogP contribution in [0, 0.1) is 11.8 Å². The van der Waals surface area contributed by atoms with Crippen LogP contribution in [0.5, 0.6) is 0 Å². The van der Waals surface area contributed by atoms with Crippen molar-refractivity contribution in [2.24, 2.45) is 11.8 Å². The zero-order chi connectivity index (χ0) is 72.8. The van der Waals surface area contributed by atoms with Crippen LogP contribution in [0.2, 0.25) is 0 Å². The number of phosphoric acid groups is 2. The Labute approximate surface area is 607 Å². The molecule has 588 valence electrons. The fraction of sp³-hybridized carbons (Fsp3) is 0.950. The quantitative estimate of drug-likeness (QED) is 0.0222. The van der Waals surface area contributed by atoms with Gasteiger partial charge in [0.15, 0.2) is 12.2 Å². The van der Waals surface area contributed by atoms with Crippen molar-refractivity contribution in [1.29, 1.82) is 0 Å². The lowest BCUT2D eigenvalue weighted by atomic mass is 10.0. The monoisotopic (exact) mass is 1450 g/mol. The third kappa shape index (κ3) is 74.1. The first-order chi connectivity index (χ1) is 47.9. The van der Waals surface area contributed by atoms with Gasteiger partial charge in [0.25, 0.3) is 0 Å². The Balaban J connectivity index is 5.24. The number of rotatable bonds is 79. The van der Waals surface area contributed by atoms with Crippen LogP contribution in [-0.4, -0.2) is 96.7 Å². The Kier molecular flexibility index (Phi) is 70.3. The lowest BCUT2D eigenvalue weighted by molar-refractivity contribution is -0.161. The van der Waals surface area contributed by atoms with Crippen molar-refractivity contribution in [3.8, 4) is 0 Å². The highest BCUT2D eigenvalue weighted by molar-refractivity contribution is 7.47. The van der Waals surface area contributed by atoms with Gasteiger partial charge in [-0.25, -0.2) is 9.13 Å². The van der Waals surface area contributed by atoms with Crippen LogP contribution < -0.4 is 0 Å². The van der Waals surface area contributed by atoms with Crippen LogP contribution >= 0.6 is 15.6 Å². The maximum atomic E-state index is 13.1. The third-order valence-corrected chi connectivity index (χ3v) is 20.6. The van der Waals surface area contributed by atoms with Gasteiger partial charge in [0.1, 0.15) is 19.3 Å². The van der Waals surface area contributed by atoms with Gasteiger partial charge in [0.05, 0.1) is 26.4 Å². The second-order valence-corrected chi connectivity index (χ2v) is 32.7. The van der Waals surface area contributed by atoms with Gasteiger partial charge >= 0.3 is 39.5 Å². The molecule has 0 radical (unpaired) electrons. The number of aliphatic hydroxyl groups is 1. The van der Waals surface area contributed by atoms with E-state index < -0.39 is 97.5 Å². The molecule has 0 saturated heterocycles. The average Bonchev–Trinajstić information content (AvgIpc) is 0.979. The number of phosphoric ester groups is 2. The number of hydrogen-bond donors (Lipinski definition) is 3. The number of unbranched alkanes of at least 4 members (excludes halogenated alkanes) is 49. The highest BCUT2D eigenvalue weighted by Crippen LogP contribution is 2.45. The smallest absolute Gasteiger partial charge is 0.462 e. The summed E-state index contributed by atoms with van der Waals surface area (Å²) in [6, 6.07) is 0. The second kappa shape index (κ2) is 71.7. The van der Waals surface area contributed by atoms with Gasteiger partial charge in [-0.05, 0) is 37.5 Å². The lowest BCUT2D eigenvalue weighted by Gasteiger charge is -2.21. The Bertz CT molecular complexity index is 1910. The fourth-order valence-corrected chi connectivity index (χ4v) is 13.9. The maximum Gasteiger partial charge on any atom is 0.472 e. The molecule has 2 unspecified atom stereocenters. The van der Waals surface area contributed by atoms with E-state index in [1.165, 1.54) is 231 Å². The second-order valence-electron chi connectivity index (χ2n) is 29.8. The van der Waals surface area contributed by atoms with Crippen molar-refractivity contribution in [3.05, 3.63) is 0 Å². The van der Waals surface area contributed by atoms with Crippen LogP contribution in [0.3, 0.4) is 0 Å².